The number of amides is 1. The maximum Gasteiger partial charge on any atom is 0.247 e. The van der Waals surface area contributed by atoms with Crippen molar-refractivity contribution in [1.29, 1.82) is 0 Å². The molecule has 0 spiro atoms. The average Bonchev–Trinajstić information content (AvgIpc) is 3.02. The van der Waals surface area contributed by atoms with Crippen molar-refractivity contribution in [3.05, 3.63) is 66.2 Å². The van der Waals surface area contributed by atoms with Gasteiger partial charge in [-0.05, 0) is 36.3 Å². The van der Waals surface area contributed by atoms with Gasteiger partial charge in [0.1, 0.15) is 5.75 Å². The third-order valence-corrected chi connectivity index (χ3v) is 6.37. The molecule has 5 rings (SSSR count). The van der Waals surface area contributed by atoms with E-state index in [1.165, 1.54) is 11.8 Å². The number of carbonyl (C=O) groups excluding carboxylic acids is 1. The van der Waals surface area contributed by atoms with E-state index in [0.29, 0.717) is 23.2 Å². The second-order valence-electron chi connectivity index (χ2n) is 7.86. The van der Waals surface area contributed by atoms with E-state index in [-0.39, 0.29) is 5.91 Å². The first kappa shape index (κ1) is 22.2. The van der Waals surface area contributed by atoms with Gasteiger partial charge < -0.3 is 9.47 Å². The molecule has 0 saturated heterocycles. The number of carbonyl (C=O) groups is 1. The van der Waals surface area contributed by atoms with Crippen LogP contribution in [0.5, 0.6) is 11.6 Å². The Bertz CT molecular complexity index is 1380. The van der Waals surface area contributed by atoms with Crippen LogP contribution in [0.2, 0.25) is 0 Å². The zero-order valence-corrected chi connectivity index (χ0v) is 20.0. The molecule has 3 aromatic carbocycles. The van der Waals surface area contributed by atoms with E-state index in [2.05, 4.69) is 15.2 Å². The van der Waals surface area contributed by atoms with Crippen molar-refractivity contribution in [2.24, 2.45) is 0 Å². The van der Waals surface area contributed by atoms with Crippen LogP contribution < -0.4 is 14.4 Å². The first-order chi connectivity index (χ1) is 16.7. The summed E-state index contributed by atoms with van der Waals surface area (Å²) < 4.78 is 12.2. The van der Waals surface area contributed by atoms with E-state index in [1.807, 2.05) is 73.8 Å². The number of para-hydroxylation sites is 1. The highest BCUT2D eigenvalue weighted by atomic mass is 32.2. The number of hydrogen-bond donors (Lipinski definition) is 0. The second-order valence-corrected chi connectivity index (χ2v) is 8.63. The van der Waals surface area contributed by atoms with Gasteiger partial charge in [-0.2, -0.15) is 4.98 Å². The summed E-state index contributed by atoms with van der Waals surface area (Å²) in [7, 11) is 1.65. The summed E-state index contributed by atoms with van der Waals surface area (Å²) in [5.41, 5.74) is 2.84. The standard InChI is InChI=1S/C26H24N4O3S/c1-4-9-22(31)30-20-13-8-7-12-19(20)23-24(27-26(34-3)29-28-23)33-25(30)18-14-15-21(32-2)17-11-6-5-10-16(17)18/h5-8,10-15,25H,4,9H2,1-3H3/t25-/m0/s1. The first-order valence-electron chi connectivity index (χ1n) is 11.1. The summed E-state index contributed by atoms with van der Waals surface area (Å²) in [5, 5.41) is 11.0. The molecule has 0 radical (unpaired) electrons. The number of rotatable bonds is 5. The van der Waals surface area contributed by atoms with Crippen molar-refractivity contribution >= 4 is 34.1 Å². The topological polar surface area (TPSA) is 77.4 Å². The molecule has 2 heterocycles. The fourth-order valence-corrected chi connectivity index (χ4v) is 4.59. The molecule has 4 aromatic rings. The van der Waals surface area contributed by atoms with Crippen molar-refractivity contribution in [2.45, 2.75) is 31.1 Å². The lowest BCUT2D eigenvalue weighted by molar-refractivity contribution is -0.120. The maximum atomic E-state index is 13.6. The summed E-state index contributed by atoms with van der Waals surface area (Å²) in [4.78, 5) is 19.9. The zero-order valence-electron chi connectivity index (χ0n) is 19.2. The Morgan fingerprint density at radius 1 is 1.06 bits per heavy atom. The van der Waals surface area contributed by atoms with Gasteiger partial charge >= 0.3 is 0 Å². The Kier molecular flexibility index (Phi) is 6.06. The Balaban J connectivity index is 1.80. The molecule has 0 fully saturated rings. The molecule has 0 saturated carbocycles. The third-order valence-electron chi connectivity index (χ3n) is 5.83. The zero-order chi connectivity index (χ0) is 23.7. The Hall–Kier alpha value is -3.65. The van der Waals surface area contributed by atoms with Crippen molar-refractivity contribution in [3.63, 3.8) is 0 Å². The van der Waals surface area contributed by atoms with Crippen LogP contribution in [0.25, 0.3) is 22.0 Å². The normalized spacial score (nSPS) is 14.7. The van der Waals surface area contributed by atoms with Gasteiger partial charge in [-0.15, -0.1) is 10.2 Å². The molecule has 0 bridgehead atoms. The van der Waals surface area contributed by atoms with E-state index in [9.17, 15) is 4.79 Å². The molecule has 0 N–H and O–H groups in total. The molecular formula is C26H24N4O3S. The average molecular weight is 473 g/mol. The minimum atomic E-state index is -0.747. The smallest absolute Gasteiger partial charge is 0.247 e. The highest BCUT2D eigenvalue weighted by Gasteiger charge is 2.36. The number of fused-ring (bicyclic) bond motifs is 4. The van der Waals surface area contributed by atoms with Crippen molar-refractivity contribution in [1.82, 2.24) is 15.2 Å². The first-order valence-corrected chi connectivity index (χ1v) is 12.3. The molecular weight excluding hydrogens is 448 g/mol. The molecule has 1 amide bonds. The van der Waals surface area contributed by atoms with Crippen LogP contribution in [0, 0.1) is 0 Å². The summed E-state index contributed by atoms with van der Waals surface area (Å²) in [5.74, 6) is 1.07. The van der Waals surface area contributed by atoms with Crippen LogP contribution in [0.3, 0.4) is 0 Å². The highest BCUT2D eigenvalue weighted by Crippen LogP contribution is 2.45. The number of nitrogens with zero attached hydrogens (tertiary/aromatic N) is 4. The predicted molar refractivity (Wildman–Crippen MR) is 133 cm³/mol. The van der Waals surface area contributed by atoms with Crippen LogP contribution in [-0.2, 0) is 4.79 Å². The number of ether oxygens (including phenoxy) is 2. The molecule has 8 heteroatoms. The van der Waals surface area contributed by atoms with Crippen molar-refractivity contribution in [3.8, 4) is 22.9 Å². The van der Waals surface area contributed by atoms with Gasteiger partial charge in [-0.3, -0.25) is 9.69 Å². The highest BCUT2D eigenvalue weighted by molar-refractivity contribution is 7.98. The van der Waals surface area contributed by atoms with Crippen LogP contribution in [0.1, 0.15) is 31.6 Å². The maximum absolute atomic E-state index is 13.6. The monoisotopic (exact) mass is 472 g/mol. The number of methoxy groups -OCH3 is 1. The molecule has 172 valence electrons. The summed E-state index contributed by atoms with van der Waals surface area (Å²) in [6.45, 7) is 1.99. The van der Waals surface area contributed by atoms with E-state index < -0.39 is 6.23 Å². The van der Waals surface area contributed by atoms with Crippen LogP contribution in [-0.4, -0.2) is 34.5 Å². The predicted octanol–water partition coefficient (Wildman–Crippen LogP) is 5.65. The van der Waals surface area contributed by atoms with Gasteiger partial charge in [-0.1, -0.05) is 61.2 Å². The van der Waals surface area contributed by atoms with Gasteiger partial charge in [0.2, 0.25) is 23.2 Å². The number of aromatic nitrogens is 3. The van der Waals surface area contributed by atoms with Crippen LogP contribution in [0.4, 0.5) is 5.69 Å². The van der Waals surface area contributed by atoms with Gasteiger partial charge in [0, 0.05) is 22.9 Å². The Morgan fingerprint density at radius 2 is 1.82 bits per heavy atom. The number of anilines is 1. The molecule has 34 heavy (non-hydrogen) atoms. The number of benzene rings is 3. The second kappa shape index (κ2) is 9.30. The van der Waals surface area contributed by atoms with E-state index in [1.54, 1.807) is 12.0 Å². The van der Waals surface area contributed by atoms with Gasteiger partial charge in [0.05, 0.1) is 12.8 Å². The van der Waals surface area contributed by atoms with Crippen LogP contribution in [0.15, 0.2) is 65.8 Å². The molecule has 0 aliphatic carbocycles. The van der Waals surface area contributed by atoms with Crippen LogP contribution >= 0.6 is 11.8 Å². The Labute approximate surface area is 202 Å². The molecule has 1 aliphatic heterocycles. The third kappa shape index (κ3) is 3.74. The lowest BCUT2D eigenvalue weighted by Crippen LogP contribution is -2.37. The Morgan fingerprint density at radius 3 is 2.59 bits per heavy atom. The minimum Gasteiger partial charge on any atom is -0.496 e. The van der Waals surface area contributed by atoms with E-state index in [0.717, 1.165) is 39.8 Å². The van der Waals surface area contributed by atoms with Gasteiger partial charge in [0.15, 0.2) is 5.69 Å². The van der Waals surface area contributed by atoms with Gasteiger partial charge in [-0.25, -0.2) is 0 Å². The number of hydrogen-bond acceptors (Lipinski definition) is 7. The van der Waals surface area contributed by atoms with E-state index >= 15 is 0 Å². The number of thioether (sulfide) groups is 1. The van der Waals surface area contributed by atoms with Crippen molar-refractivity contribution < 1.29 is 14.3 Å². The molecule has 0 unspecified atom stereocenters. The van der Waals surface area contributed by atoms with Crippen molar-refractivity contribution in [2.75, 3.05) is 18.3 Å². The summed E-state index contributed by atoms with van der Waals surface area (Å²) in [6.07, 6.45) is 2.24. The van der Waals surface area contributed by atoms with Gasteiger partial charge in [0.25, 0.3) is 0 Å². The minimum absolute atomic E-state index is 0.0364. The lowest BCUT2D eigenvalue weighted by Gasteiger charge is -2.31. The molecule has 1 aromatic heterocycles. The summed E-state index contributed by atoms with van der Waals surface area (Å²) >= 11 is 1.39. The lowest BCUT2D eigenvalue weighted by atomic mass is 10.0. The largest absolute Gasteiger partial charge is 0.496 e. The molecule has 1 aliphatic rings. The SMILES string of the molecule is CCCC(=O)N1c2ccccc2-c2nnc(SC)nc2O[C@H]1c1ccc(OC)c2ccccc12. The van der Waals surface area contributed by atoms with E-state index in [4.69, 9.17) is 9.47 Å². The summed E-state index contributed by atoms with van der Waals surface area (Å²) in [6, 6.07) is 19.5. The molecule has 1 atom stereocenters. The quantitative estimate of drug-likeness (QED) is 0.348. The fourth-order valence-electron chi connectivity index (χ4n) is 4.29. The fraction of sp³-hybridized carbons (Fsp3) is 0.231. The molecule has 7 nitrogen and oxygen atoms in total.